The summed E-state index contributed by atoms with van der Waals surface area (Å²) in [5, 5.41) is 0. The Bertz CT molecular complexity index is 981. The number of likely N-dealkylation sites (N-methyl/N-ethyl adjacent to an activating group) is 1. The van der Waals surface area contributed by atoms with E-state index in [0.29, 0.717) is 12.2 Å². The molecular weight excluding hydrogens is 362 g/mol. The van der Waals surface area contributed by atoms with Gasteiger partial charge in [-0.05, 0) is 79.6 Å². The third-order valence-electron chi connectivity index (χ3n) is 6.12. The number of urea groups is 1. The second kappa shape index (κ2) is 7.07. The third kappa shape index (κ3) is 2.92. The molecule has 29 heavy (non-hydrogen) atoms. The van der Waals surface area contributed by atoms with Crippen LogP contribution in [0.25, 0.3) is 6.08 Å². The molecule has 0 bridgehead atoms. The summed E-state index contributed by atoms with van der Waals surface area (Å²) >= 11 is 0. The van der Waals surface area contributed by atoms with Gasteiger partial charge >= 0.3 is 6.03 Å². The monoisotopic (exact) mass is 387 g/mol. The molecule has 5 nitrogen and oxygen atoms in total. The average Bonchev–Trinajstić information content (AvgIpc) is 2.98. The zero-order valence-electron chi connectivity index (χ0n) is 16.7. The highest BCUT2D eigenvalue weighted by molar-refractivity contribution is 6.23. The Hall–Kier alpha value is -3.08. The minimum atomic E-state index is -0.277. The van der Waals surface area contributed by atoms with Crippen molar-refractivity contribution in [3.8, 4) is 0 Å². The van der Waals surface area contributed by atoms with Crippen LogP contribution >= 0.6 is 0 Å². The summed E-state index contributed by atoms with van der Waals surface area (Å²) in [4.78, 5) is 31.3. The molecule has 3 aliphatic rings. The topological polar surface area (TPSA) is 43.9 Å². The van der Waals surface area contributed by atoms with Gasteiger partial charge in [0.2, 0.25) is 0 Å². The number of amides is 3. The summed E-state index contributed by atoms with van der Waals surface area (Å²) in [5.74, 6) is -0.227. The number of nitrogens with zero attached hydrogens (tertiary/aromatic N) is 3. The lowest BCUT2D eigenvalue weighted by Crippen LogP contribution is -2.34. The third-order valence-corrected chi connectivity index (χ3v) is 6.12. The molecule has 0 aromatic heterocycles. The van der Waals surface area contributed by atoms with Crippen LogP contribution in [0.4, 0.5) is 16.2 Å². The summed E-state index contributed by atoms with van der Waals surface area (Å²) < 4.78 is 0. The van der Waals surface area contributed by atoms with Gasteiger partial charge in [-0.15, -0.1) is 0 Å². The number of aryl methyl sites for hydroxylation is 2. The Kier molecular flexibility index (Phi) is 4.38. The SMILES string of the molecule is CCN1C(=O)C(=Cc2cc3c4c(c2)CCCN4CCC3)N(c2ccccc2)C1=O. The second-order valence-corrected chi connectivity index (χ2v) is 7.91. The van der Waals surface area contributed by atoms with E-state index < -0.39 is 0 Å². The lowest BCUT2D eigenvalue weighted by atomic mass is 9.90. The van der Waals surface area contributed by atoms with Crippen LogP contribution in [-0.2, 0) is 17.6 Å². The number of imide groups is 1. The number of anilines is 2. The molecule has 1 saturated heterocycles. The first-order chi connectivity index (χ1) is 14.2. The number of hydrogen-bond donors (Lipinski definition) is 0. The molecule has 0 atom stereocenters. The average molecular weight is 387 g/mol. The number of benzene rings is 2. The predicted molar refractivity (Wildman–Crippen MR) is 115 cm³/mol. The van der Waals surface area contributed by atoms with E-state index in [1.54, 1.807) is 4.90 Å². The van der Waals surface area contributed by atoms with Crippen molar-refractivity contribution in [2.24, 2.45) is 0 Å². The zero-order valence-corrected chi connectivity index (χ0v) is 16.7. The summed E-state index contributed by atoms with van der Waals surface area (Å²) in [7, 11) is 0. The molecule has 2 aromatic carbocycles. The minimum absolute atomic E-state index is 0.227. The van der Waals surface area contributed by atoms with Crippen LogP contribution in [0.15, 0.2) is 48.2 Å². The normalized spacial score (nSPS) is 19.9. The van der Waals surface area contributed by atoms with Crippen LogP contribution < -0.4 is 9.80 Å². The Balaban J connectivity index is 1.61. The van der Waals surface area contributed by atoms with Gasteiger partial charge in [-0.25, -0.2) is 4.79 Å². The van der Waals surface area contributed by atoms with Crippen molar-refractivity contribution in [3.63, 3.8) is 0 Å². The van der Waals surface area contributed by atoms with E-state index in [2.05, 4.69) is 17.0 Å². The predicted octanol–water partition coefficient (Wildman–Crippen LogP) is 4.22. The Morgan fingerprint density at radius 2 is 1.62 bits per heavy atom. The van der Waals surface area contributed by atoms with Crippen LogP contribution in [-0.4, -0.2) is 36.5 Å². The number of carbonyl (C=O) groups excluding carboxylic acids is 2. The first-order valence-electron chi connectivity index (χ1n) is 10.5. The fourth-order valence-electron chi connectivity index (χ4n) is 4.85. The van der Waals surface area contributed by atoms with Gasteiger partial charge in [0.05, 0.1) is 5.69 Å². The van der Waals surface area contributed by atoms with Crippen LogP contribution in [0.3, 0.4) is 0 Å². The van der Waals surface area contributed by atoms with Crippen molar-refractivity contribution in [1.29, 1.82) is 0 Å². The highest BCUT2D eigenvalue weighted by Crippen LogP contribution is 2.37. The first-order valence-corrected chi connectivity index (χ1v) is 10.5. The summed E-state index contributed by atoms with van der Waals surface area (Å²) in [6.45, 7) is 4.48. The van der Waals surface area contributed by atoms with Gasteiger partial charge in [0, 0.05) is 25.3 Å². The minimum Gasteiger partial charge on any atom is -0.371 e. The largest absolute Gasteiger partial charge is 0.371 e. The summed E-state index contributed by atoms with van der Waals surface area (Å²) in [5.41, 5.74) is 6.31. The highest BCUT2D eigenvalue weighted by Gasteiger charge is 2.41. The fraction of sp³-hybridized carbons (Fsp3) is 0.333. The van der Waals surface area contributed by atoms with E-state index in [0.717, 1.165) is 37.2 Å². The molecule has 0 aliphatic carbocycles. The molecule has 148 valence electrons. The van der Waals surface area contributed by atoms with Crippen molar-refractivity contribution >= 4 is 29.4 Å². The second-order valence-electron chi connectivity index (χ2n) is 7.91. The molecule has 0 radical (unpaired) electrons. The molecule has 3 aliphatic heterocycles. The Morgan fingerprint density at radius 1 is 0.966 bits per heavy atom. The van der Waals surface area contributed by atoms with Gasteiger partial charge in [0.1, 0.15) is 5.70 Å². The van der Waals surface area contributed by atoms with Crippen LogP contribution in [0, 0.1) is 0 Å². The van der Waals surface area contributed by atoms with Crippen LogP contribution in [0.5, 0.6) is 0 Å². The van der Waals surface area contributed by atoms with Crippen LogP contribution in [0.1, 0.15) is 36.5 Å². The standard InChI is InChI=1S/C24H25N3O2/c1-2-26-23(28)21(27(24(26)29)20-10-4-3-5-11-20)16-17-14-18-8-6-12-25-13-7-9-19(15-17)22(18)25/h3-5,10-11,14-16H,2,6-9,12-13H2,1H3. The van der Waals surface area contributed by atoms with Gasteiger partial charge in [0.15, 0.2) is 0 Å². The number of rotatable bonds is 3. The molecule has 2 aromatic rings. The molecular formula is C24H25N3O2. The van der Waals surface area contributed by atoms with Crippen molar-refractivity contribution < 1.29 is 9.59 Å². The molecule has 0 spiro atoms. The smallest absolute Gasteiger partial charge is 0.336 e. The molecule has 5 rings (SSSR count). The maximum Gasteiger partial charge on any atom is 0.336 e. The van der Waals surface area contributed by atoms with Gasteiger partial charge in [-0.1, -0.05) is 18.2 Å². The van der Waals surface area contributed by atoms with Gasteiger partial charge < -0.3 is 4.90 Å². The highest BCUT2D eigenvalue weighted by atomic mass is 16.2. The zero-order chi connectivity index (χ0) is 20.0. The van der Waals surface area contributed by atoms with Crippen LogP contribution in [0.2, 0.25) is 0 Å². The molecule has 0 unspecified atom stereocenters. The molecule has 3 heterocycles. The molecule has 1 fully saturated rings. The van der Waals surface area contributed by atoms with E-state index in [-0.39, 0.29) is 11.9 Å². The quantitative estimate of drug-likeness (QED) is 0.585. The summed E-state index contributed by atoms with van der Waals surface area (Å²) in [6, 6.07) is 13.6. The van der Waals surface area contributed by atoms with E-state index >= 15 is 0 Å². The van der Waals surface area contributed by atoms with Crippen molar-refractivity contribution in [3.05, 3.63) is 64.9 Å². The lowest BCUT2D eigenvalue weighted by molar-refractivity contribution is -0.122. The van der Waals surface area contributed by atoms with E-state index in [1.807, 2.05) is 43.3 Å². The van der Waals surface area contributed by atoms with E-state index in [9.17, 15) is 9.59 Å². The van der Waals surface area contributed by atoms with Gasteiger partial charge in [-0.3, -0.25) is 14.6 Å². The number of para-hydroxylation sites is 1. The van der Waals surface area contributed by atoms with E-state index in [1.165, 1.54) is 34.6 Å². The van der Waals surface area contributed by atoms with Gasteiger partial charge in [-0.2, -0.15) is 0 Å². The number of hydrogen-bond acceptors (Lipinski definition) is 3. The van der Waals surface area contributed by atoms with Crippen molar-refractivity contribution in [1.82, 2.24) is 4.90 Å². The first kappa shape index (κ1) is 18.0. The lowest BCUT2D eigenvalue weighted by Gasteiger charge is -2.37. The Labute approximate surface area is 171 Å². The van der Waals surface area contributed by atoms with Crippen molar-refractivity contribution in [2.45, 2.75) is 32.6 Å². The fourth-order valence-corrected chi connectivity index (χ4v) is 4.85. The Morgan fingerprint density at radius 3 is 2.24 bits per heavy atom. The summed E-state index contributed by atoms with van der Waals surface area (Å²) in [6.07, 6.45) is 6.39. The molecule has 5 heteroatoms. The molecule has 3 amide bonds. The maximum atomic E-state index is 13.0. The van der Waals surface area contributed by atoms with Crippen molar-refractivity contribution in [2.75, 3.05) is 29.4 Å². The number of carbonyl (C=O) groups is 2. The molecule has 0 saturated carbocycles. The van der Waals surface area contributed by atoms with E-state index in [4.69, 9.17) is 0 Å². The molecule has 0 N–H and O–H groups in total. The maximum absolute atomic E-state index is 13.0. The van der Waals surface area contributed by atoms with Gasteiger partial charge in [0.25, 0.3) is 5.91 Å².